The van der Waals surface area contributed by atoms with Crippen LogP contribution in [0.3, 0.4) is 0 Å². The third-order valence-corrected chi connectivity index (χ3v) is 4.53. The maximum Gasteiger partial charge on any atom is 0.326 e. The lowest BCUT2D eigenvalue weighted by Gasteiger charge is -2.21. The van der Waals surface area contributed by atoms with E-state index in [1.165, 1.54) is 21.2 Å². The third-order valence-electron chi connectivity index (χ3n) is 4.53. The lowest BCUT2D eigenvalue weighted by atomic mass is 10.0. The molecule has 3 rings (SSSR count). The van der Waals surface area contributed by atoms with Gasteiger partial charge in [0, 0.05) is 13.0 Å². The lowest BCUT2D eigenvalue weighted by molar-refractivity contribution is -0.148. The number of benzene rings is 2. The van der Waals surface area contributed by atoms with Gasteiger partial charge in [0.15, 0.2) is 0 Å². The molecule has 0 saturated carbocycles. The Morgan fingerprint density at radius 1 is 1.13 bits per heavy atom. The molecule has 0 aliphatic carbocycles. The van der Waals surface area contributed by atoms with Crippen molar-refractivity contribution >= 4 is 22.6 Å². The first-order valence-electron chi connectivity index (χ1n) is 8.15. The lowest BCUT2D eigenvalue weighted by Crippen LogP contribution is -2.40. The van der Waals surface area contributed by atoms with Crippen molar-refractivity contribution in [1.82, 2.24) is 4.90 Å². The summed E-state index contributed by atoms with van der Waals surface area (Å²) in [7, 11) is 0. The minimum atomic E-state index is -0.884. The number of carboxylic acid groups (broad SMARTS) is 1. The van der Waals surface area contributed by atoms with Gasteiger partial charge < -0.3 is 10.0 Å². The number of aliphatic carboxylic acids is 1. The fourth-order valence-corrected chi connectivity index (χ4v) is 3.30. The first-order valence-corrected chi connectivity index (χ1v) is 8.15. The summed E-state index contributed by atoms with van der Waals surface area (Å²) in [6.45, 7) is 0.575. The molecule has 0 unspecified atom stereocenters. The topological polar surface area (TPSA) is 57.6 Å². The molecular weight excluding hydrogens is 290 g/mol. The normalized spacial score (nSPS) is 17.6. The molecule has 0 spiro atoms. The average Bonchev–Trinajstić information content (AvgIpc) is 3.04. The third kappa shape index (κ3) is 3.52. The molecule has 1 atom stereocenters. The highest BCUT2D eigenvalue weighted by molar-refractivity contribution is 5.84. The quantitative estimate of drug-likeness (QED) is 0.922. The van der Waals surface area contributed by atoms with Crippen molar-refractivity contribution in [1.29, 1.82) is 0 Å². The van der Waals surface area contributed by atoms with Gasteiger partial charge in [-0.3, -0.25) is 4.79 Å². The van der Waals surface area contributed by atoms with E-state index >= 15 is 0 Å². The Bertz CT molecular complexity index is 725. The number of aryl methyl sites for hydroxylation is 1. The smallest absolute Gasteiger partial charge is 0.326 e. The zero-order valence-electron chi connectivity index (χ0n) is 13.1. The summed E-state index contributed by atoms with van der Waals surface area (Å²) in [6, 6.07) is 14.0. The summed E-state index contributed by atoms with van der Waals surface area (Å²) in [5.74, 6) is -0.916. The van der Waals surface area contributed by atoms with Crippen molar-refractivity contribution in [3.05, 3.63) is 48.0 Å². The van der Waals surface area contributed by atoms with Gasteiger partial charge in [-0.15, -0.1) is 0 Å². The van der Waals surface area contributed by atoms with Crippen molar-refractivity contribution in [2.45, 2.75) is 38.1 Å². The maximum atomic E-state index is 12.2. The second kappa shape index (κ2) is 6.82. The Hall–Kier alpha value is -2.36. The number of carbonyl (C=O) groups is 2. The van der Waals surface area contributed by atoms with Crippen LogP contribution < -0.4 is 0 Å². The van der Waals surface area contributed by atoms with Crippen molar-refractivity contribution in [2.75, 3.05) is 6.54 Å². The minimum absolute atomic E-state index is 0.0318. The number of likely N-dealkylation sites (tertiary alicyclic amines) is 1. The minimum Gasteiger partial charge on any atom is -0.480 e. The number of carboxylic acids is 1. The van der Waals surface area contributed by atoms with E-state index in [9.17, 15) is 9.59 Å². The van der Waals surface area contributed by atoms with E-state index in [0.717, 1.165) is 19.3 Å². The molecule has 4 nitrogen and oxygen atoms in total. The van der Waals surface area contributed by atoms with Crippen molar-refractivity contribution in [3.8, 4) is 0 Å². The molecule has 0 bridgehead atoms. The van der Waals surface area contributed by atoms with Gasteiger partial charge in [-0.1, -0.05) is 42.5 Å². The summed E-state index contributed by atoms with van der Waals surface area (Å²) in [6.07, 6.45) is 3.36. The van der Waals surface area contributed by atoms with Crippen LogP contribution in [-0.4, -0.2) is 34.5 Å². The SMILES string of the molecule is O=C(O)[C@H]1CCCN1C(=O)CCCc1ccc2ccccc2c1. The number of hydrogen-bond donors (Lipinski definition) is 1. The summed E-state index contributed by atoms with van der Waals surface area (Å²) < 4.78 is 0. The Morgan fingerprint density at radius 2 is 1.91 bits per heavy atom. The number of rotatable bonds is 5. The molecular formula is C19H21NO3. The zero-order chi connectivity index (χ0) is 16.2. The fourth-order valence-electron chi connectivity index (χ4n) is 3.30. The van der Waals surface area contributed by atoms with Crippen molar-refractivity contribution in [2.24, 2.45) is 0 Å². The molecule has 1 fully saturated rings. The van der Waals surface area contributed by atoms with E-state index in [1.807, 2.05) is 12.1 Å². The number of nitrogens with zero attached hydrogens (tertiary/aromatic N) is 1. The highest BCUT2D eigenvalue weighted by Gasteiger charge is 2.33. The molecule has 1 aliphatic rings. The van der Waals surface area contributed by atoms with Gasteiger partial charge >= 0.3 is 5.97 Å². The van der Waals surface area contributed by atoms with Crippen LogP contribution in [-0.2, 0) is 16.0 Å². The van der Waals surface area contributed by atoms with Gasteiger partial charge in [0.2, 0.25) is 5.91 Å². The Kier molecular flexibility index (Phi) is 4.60. The van der Waals surface area contributed by atoms with Gasteiger partial charge in [0.25, 0.3) is 0 Å². The molecule has 0 radical (unpaired) electrons. The fraction of sp³-hybridized carbons (Fsp3) is 0.368. The second-order valence-corrected chi connectivity index (χ2v) is 6.12. The Morgan fingerprint density at radius 3 is 2.70 bits per heavy atom. The second-order valence-electron chi connectivity index (χ2n) is 6.12. The molecule has 4 heteroatoms. The molecule has 120 valence electrons. The summed E-state index contributed by atoms with van der Waals surface area (Å²) >= 11 is 0. The molecule has 1 N–H and O–H groups in total. The van der Waals surface area contributed by atoms with E-state index < -0.39 is 12.0 Å². The highest BCUT2D eigenvalue weighted by Crippen LogP contribution is 2.20. The van der Waals surface area contributed by atoms with Gasteiger partial charge in [-0.25, -0.2) is 4.79 Å². The molecule has 2 aromatic rings. The van der Waals surface area contributed by atoms with Crippen molar-refractivity contribution < 1.29 is 14.7 Å². The van der Waals surface area contributed by atoms with Crippen LogP contribution in [0.4, 0.5) is 0 Å². The molecule has 1 amide bonds. The average molecular weight is 311 g/mol. The van der Waals surface area contributed by atoms with Gasteiger partial charge in [-0.05, 0) is 42.0 Å². The van der Waals surface area contributed by atoms with Crippen LogP contribution >= 0.6 is 0 Å². The first kappa shape index (κ1) is 15.5. The predicted octanol–water partition coefficient (Wildman–Crippen LogP) is 3.24. The largest absolute Gasteiger partial charge is 0.480 e. The molecule has 1 aliphatic heterocycles. The van der Waals surface area contributed by atoms with E-state index in [2.05, 4.69) is 30.3 Å². The van der Waals surface area contributed by atoms with Gasteiger partial charge in [0.05, 0.1) is 0 Å². The Labute approximate surface area is 135 Å². The van der Waals surface area contributed by atoms with Crippen LogP contribution in [0.25, 0.3) is 10.8 Å². The molecule has 1 heterocycles. The zero-order valence-corrected chi connectivity index (χ0v) is 13.1. The number of fused-ring (bicyclic) bond motifs is 1. The monoisotopic (exact) mass is 311 g/mol. The Balaban J connectivity index is 1.56. The number of carbonyl (C=O) groups excluding carboxylic acids is 1. The predicted molar refractivity (Wildman–Crippen MR) is 89.3 cm³/mol. The molecule has 1 saturated heterocycles. The van der Waals surface area contributed by atoms with E-state index in [1.54, 1.807) is 0 Å². The molecule has 0 aromatic heterocycles. The van der Waals surface area contributed by atoms with Crippen LogP contribution in [0.2, 0.25) is 0 Å². The number of amides is 1. The van der Waals surface area contributed by atoms with E-state index in [-0.39, 0.29) is 5.91 Å². The van der Waals surface area contributed by atoms with Crippen molar-refractivity contribution in [3.63, 3.8) is 0 Å². The molecule has 2 aromatic carbocycles. The van der Waals surface area contributed by atoms with Gasteiger partial charge in [-0.2, -0.15) is 0 Å². The van der Waals surface area contributed by atoms with E-state index in [4.69, 9.17) is 5.11 Å². The summed E-state index contributed by atoms with van der Waals surface area (Å²) in [4.78, 5) is 24.9. The van der Waals surface area contributed by atoms with Crippen LogP contribution in [0.1, 0.15) is 31.2 Å². The summed E-state index contributed by atoms with van der Waals surface area (Å²) in [5, 5.41) is 11.6. The van der Waals surface area contributed by atoms with Crippen LogP contribution in [0, 0.1) is 0 Å². The summed E-state index contributed by atoms with van der Waals surface area (Å²) in [5.41, 5.74) is 1.22. The van der Waals surface area contributed by atoms with Gasteiger partial charge in [0.1, 0.15) is 6.04 Å². The number of hydrogen-bond acceptors (Lipinski definition) is 2. The van der Waals surface area contributed by atoms with E-state index in [0.29, 0.717) is 19.4 Å². The van der Waals surface area contributed by atoms with Crippen LogP contribution in [0.5, 0.6) is 0 Å². The van der Waals surface area contributed by atoms with Crippen LogP contribution in [0.15, 0.2) is 42.5 Å². The standard InChI is InChI=1S/C19H21NO3/c21-18(20-12-4-8-17(20)19(22)23)9-3-5-14-10-11-15-6-1-2-7-16(15)13-14/h1-2,6-7,10-11,13,17H,3-5,8-9,12H2,(H,22,23)/t17-/m1/s1. The maximum absolute atomic E-state index is 12.2. The first-order chi connectivity index (χ1) is 11.1. The highest BCUT2D eigenvalue weighted by atomic mass is 16.4. The molecule has 23 heavy (non-hydrogen) atoms.